The Morgan fingerprint density at radius 3 is 2.66 bits per heavy atom. The first kappa shape index (κ1) is 17.5. The molecule has 8 heteroatoms. The SMILES string of the molecule is N#CC(=C1CCN(C(=O)N2CCc3[nH]ncc3C2)CC1)c1cccc2[nH]ncc12. The van der Waals surface area contributed by atoms with Gasteiger partial charge >= 0.3 is 6.03 Å². The van der Waals surface area contributed by atoms with Crippen molar-refractivity contribution >= 4 is 22.5 Å². The minimum atomic E-state index is 0.0753. The summed E-state index contributed by atoms with van der Waals surface area (Å²) < 4.78 is 0. The zero-order chi connectivity index (χ0) is 19.8. The molecule has 0 saturated carbocycles. The van der Waals surface area contributed by atoms with Crippen LogP contribution in [0, 0.1) is 11.3 Å². The second-order valence-electron chi connectivity index (χ2n) is 7.54. The van der Waals surface area contributed by atoms with Crippen LogP contribution in [0.2, 0.25) is 0 Å². The van der Waals surface area contributed by atoms with E-state index in [0.717, 1.165) is 39.7 Å². The number of carbonyl (C=O) groups is 1. The van der Waals surface area contributed by atoms with Gasteiger partial charge in [-0.2, -0.15) is 15.5 Å². The number of nitrogens with one attached hydrogen (secondary N) is 2. The number of aromatic nitrogens is 4. The number of fused-ring (bicyclic) bond motifs is 2. The number of amides is 2. The maximum absolute atomic E-state index is 13.0. The van der Waals surface area contributed by atoms with Crippen LogP contribution in [-0.2, 0) is 13.0 Å². The summed E-state index contributed by atoms with van der Waals surface area (Å²) in [5.74, 6) is 0. The van der Waals surface area contributed by atoms with Crippen molar-refractivity contribution in [3.05, 3.63) is 53.0 Å². The molecule has 5 rings (SSSR count). The number of rotatable bonds is 1. The number of allylic oxidation sites excluding steroid dienone is 1. The molecular formula is C21H21N7O. The molecule has 1 saturated heterocycles. The summed E-state index contributed by atoms with van der Waals surface area (Å²) in [5, 5.41) is 24.9. The molecule has 4 heterocycles. The Hall–Kier alpha value is -3.60. The third-order valence-corrected chi connectivity index (χ3v) is 5.93. The third kappa shape index (κ3) is 3.05. The van der Waals surface area contributed by atoms with Crippen LogP contribution in [0.1, 0.15) is 29.7 Å². The molecule has 1 aromatic carbocycles. The van der Waals surface area contributed by atoms with Crippen molar-refractivity contribution in [2.45, 2.75) is 25.8 Å². The minimum Gasteiger partial charge on any atom is -0.324 e. The van der Waals surface area contributed by atoms with Gasteiger partial charge in [0.05, 0.1) is 36.1 Å². The fourth-order valence-electron chi connectivity index (χ4n) is 4.32. The summed E-state index contributed by atoms with van der Waals surface area (Å²) in [6.45, 7) is 2.58. The maximum atomic E-state index is 13.0. The molecule has 0 unspecified atom stereocenters. The molecule has 2 aliphatic rings. The standard InChI is InChI=1S/C21H21N7O/c22-10-17(16-2-1-3-20-18(16)12-24-26-20)14-4-7-27(8-5-14)21(29)28-9-6-19-15(13-28)11-23-25-19/h1-3,11-12H,4-9,13H2,(H,23,25)(H,24,26). The Labute approximate surface area is 167 Å². The van der Waals surface area contributed by atoms with Crippen LogP contribution in [0.25, 0.3) is 16.5 Å². The number of aromatic amines is 2. The second-order valence-corrected chi connectivity index (χ2v) is 7.54. The van der Waals surface area contributed by atoms with E-state index in [1.807, 2.05) is 34.2 Å². The summed E-state index contributed by atoms with van der Waals surface area (Å²) in [5.41, 5.74) is 5.89. The van der Waals surface area contributed by atoms with Crippen LogP contribution in [0.3, 0.4) is 0 Å². The van der Waals surface area contributed by atoms with E-state index in [1.54, 1.807) is 6.20 Å². The topological polar surface area (TPSA) is 105 Å². The van der Waals surface area contributed by atoms with Gasteiger partial charge in [0.15, 0.2) is 0 Å². The van der Waals surface area contributed by atoms with Crippen molar-refractivity contribution in [3.8, 4) is 6.07 Å². The predicted octanol–water partition coefficient (Wildman–Crippen LogP) is 2.84. The zero-order valence-electron chi connectivity index (χ0n) is 16.0. The van der Waals surface area contributed by atoms with Gasteiger partial charge < -0.3 is 9.80 Å². The molecular weight excluding hydrogens is 366 g/mol. The van der Waals surface area contributed by atoms with Crippen LogP contribution in [0.4, 0.5) is 4.79 Å². The van der Waals surface area contributed by atoms with E-state index in [4.69, 9.17) is 0 Å². The smallest absolute Gasteiger partial charge is 0.320 e. The number of urea groups is 1. The van der Waals surface area contributed by atoms with E-state index in [2.05, 4.69) is 26.5 Å². The average Bonchev–Trinajstić information content (AvgIpc) is 3.43. The first-order valence-corrected chi connectivity index (χ1v) is 9.84. The van der Waals surface area contributed by atoms with Crippen molar-refractivity contribution < 1.29 is 4.79 Å². The molecule has 2 aromatic heterocycles. The second kappa shape index (κ2) is 7.09. The summed E-state index contributed by atoms with van der Waals surface area (Å²) in [4.78, 5) is 16.8. The molecule has 0 bridgehead atoms. The Morgan fingerprint density at radius 2 is 1.83 bits per heavy atom. The van der Waals surface area contributed by atoms with Gasteiger partial charge in [-0.3, -0.25) is 10.2 Å². The Kier molecular flexibility index (Phi) is 4.28. The molecule has 0 radical (unpaired) electrons. The number of hydrogen-bond donors (Lipinski definition) is 2. The number of carbonyl (C=O) groups excluding carboxylic acids is 1. The first-order valence-electron chi connectivity index (χ1n) is 9.84. The highest BCUT2D eigenvalue weighted by Gasteiger charge is 2.28. The zero-order valence-corrected chi connectivity index (χ0v) is 16.0. The van der Waals surface area contributed by atoms with Crippen LogP contribution in [0.15, 0.2) is 36.2 Å². The lowest BCUT2D eigenvalue weighted by molar-refractivity contribution is 0.144. The van der Waals surface area contributed by atoms with Crippen molar-refractivity contribution in [1.29, 1.82) is 5.26 Å². The summed E-state index contributed by atoms with van der Waals surface area (Å²) >= 11 is 0. The van der Waals surface area contributed by atoms with Gasteiger partial charge in [-0.1, -0.05) is 12.1 Å². The fraction of sp³-hybridized carbons (Fsp3) is 0.333. The van der Waals surface area contributed by atoms with Gasteiger partial charge in [-0.05, 0) is 24.5 Å². The van der Waals surface area contributed by atoms with Gasteiger partial charge in [0.1, 0.15) is 0 Å². The highest BCUT2D eigenvalue weighted by molar-refractivity contribution is 5.96. The largest absolute Gasteiger partial charge is 0.324 e. The van der Waals surface area contributed by atoms with E-state index in [0.29, 0.717) is 44.6 Å². The Morgan fingerprint density at radius 1 is 1.03 bits per heavy atom. The van der Waals surface area contributed by atoms with Crippen LogP contribution in [0.5, 0.6) is 0 Å². The quantitative estimate of drug-likeness (QED) is 0.626. The molecule has 8 nitrogen and oxygen atoms in total. The number of hydrogen-bond acceptors (Lipinski definition) is 4. The number of nitriles is 1. The lowest BCUT2D eigenvalue weighted by Crippen LogP contribution is -2.47. The molecule has 29 heavy (non-hydrogen) atoms. The van der Waals surface area contributed by atoms with E-state index in [9.17, 15) is 10.1 Å². The lowest BCUT2D eigenvalue weighted by Gasteiger charge is -2.35. The number of nitrogens with zero attached hydrogens (tertiary/aromatic N) is 5. The highest BCUT2D eigenvalue weighted by atomic mass is 16.2. The molecule has 3 aromatic rings. The van der Waals surface area contributed by atoms with Crippen LogP contribution < -0.4 is 0 Å². The van der Waals surface area contributed by atoms with E-state index in [-0.39, 0.29) is 6.03 Å². The monoisotopic (exact) mass is 387 g/mol. The summed E-state index contributed by atoms with van der Waals surface area (Å²) in [6, 6.07) is 8.34. The number of piperidine rings is 1. The highest BCUT2D eigenvalue weighted by Crippen LogP contribution is 2.31. The summed E-state index contributed by atoms with van der Waals surface area (Å²) in [7, 11) is 0. The normalized spacial score (nSPS) is 16.6. The van der Waals surface area contributed by atoms with Gasteiger partial charge in [-0.25, -0.2) is 4.79 Å². The van der Waals surface area contributed by atoms with E-state index in [1.165, 1.54) is 0 Å². The Bertz CT molecular complexity index is 1140. The van der Waals surface area contributed by atoms with Crippen LogP contribution >= 0.6 is 0 Å². The molecule has 0 spiro atoms. The van der Waals surface area contributed by atoms with Gasteiger partial charge in [-0.15, -0.1) is 0 Å². The predicted molar refractivity (Wildman–Crippen MR) is 108 cm³/mol. The van der Waals surface area contributed by atoms with Crippen molar-refractivity contribution in [2.24, 2.45) is 0 Å². The molecule has 0 aliphatic carbocycles. The molecule has 1 fully saturated rings. The van der Waals surface area contributed by atoms with Gasteiger partial charge in [0.2, 0.25) is 0 Å². The number of benzene rings is 1. The molecule has 146 valence electrons. The lowest BCUT2D eigenvalue weighted by atomic mass is 9.92. The van der Waals surface area contributed by atoms with Crippen molar-refractivity contribution in [2.75, 3.05) is 19.6 Å². The number of H-pyrrole nitrogens is 2. The maximum Gasteiger partial charge on any atom is 0.320 e. The number of likely N-dealkylation sites (tertiary alicyclic amines) is 1. The van der Waals surface area contributed by atoms with Crippen molar-refractivity contribution in [3.63, 3.8) is 0 Å². The van der Waals surface area contributed by atoms with E-state index >= 15 is 0 Å². The van der Waals surface area contributed by atoms with Crippen LogP contribution in [-0.4, -0.2) is 55.9 Å². The molecule has 2 aliphatic heterocycles. The van der Waals surface area contributed by atoms with Gasteiger partial charge in [0.25, 0.3) is 0 Å². The average molecular weight is 387 g/mol. The summed E-state index contributed by atoms with van der Waals surface area (Å²) in [6.07, 6.45) is 5.82. The van der Waals surface area contributed by atoms with E-state index < -0.39 is 0 Å². The fourth-order valence-corrected chi connectivity index (χ4v) is 4.32. The van der Waals surface area contributed by atoms with Crippen molar-refractivity contribution in [1.82, 2.24) is 30.2 Å². The van der Waals surface area contributed by atoms with Gasteiger partial charge in [0, 0.05) is 48.3 Å². The Balaban J connectivity index is 1.32. The third-order valence-electron chi connectivity index (χ3n) is 5.93. The molecule has 0 atom stereocenters. The first-order chi connectivity index (χ1) is 14.2. The minimum absolute atomic E-state index is 0.0753. The molecule has 2 N–H and O–H groups in total. The molecule has 2 amide bonds.